The van der Waals surface area contributed by atoms with Crippen LogP contribution in [0.5, 0.6) is 0 Å². The van der Waals surface area contributed by atoms with E-state index in [0.29, 0.717) is 0 Å². The number of imidazole rings is 1. The smallest absolute Gasteiger partial charge is 0.0954 e. The first-order valence-electron chi connectivity index (χ1n) is 7.77. The molecule has 1 unspecified atom stereocenters. The highest BCUT2D eigenvalue weighted by Gasteiger charge is 2.17. The molecule has 24 heavy (non-hydrogen) atoms. The van der Waals surface area contributed by atoms with Gasteiger partial charge in [0.05, 0.1) is 12.4 Å². The van der Waals surface area contributed by atoms with Crippen molar-refractivity contribution in [3.05, 3.63) is 108 Å². The Morgan fingerprint density at radius 1 is 0.833 bits per heavy atom. The number of hydrogen-bond donors (Lipinski definition) is 0. The monoisotopic (exact) mass is 333 g/mol. The normalized spacial score (nSPS) is 12.2. The lowest BCUT2D eigenvalue weighted by atomic mass is 10.0. The Kier molecular flexibility index (Phi) is 3.93. The van der Waals surface area contributed by atoms with Crippen LogP contribution in [0.2, 0.25) is 5.02 Å². The van der Waals surface area contributed by atoms with Crippen LogP contribution in [-0.4, -0.2) is 14.1 Å². The van der Waals surface area contributed by atoms with Gasteiger partial charge in [0.25, 0.3) is 0 Å². The highest BCUT2D eigenvalue weighted by molar-refractivity contribution is 6.30. The van der Waals surface area contributed by atoms with E-state index in [4.69, 9.17) is 11.6 Å². The average Bonchev–Trinajstić information content (AvgIpc) is 3.30. The van der Waals surface area contributed by atoms with Gasteiger partial charge in [-0.15, -0.1) is 0 Å². The second-order valence-corrected chi connectivity index (χ2v) is 6.09. The molecule has 0 spiro atoms. The SMILES string of the molecule is Clc1ccc(-n2ccc(C(c3ccccc3)n3ccnc3)c2)cc1. The number of hydrogen-bond acceptors (Lipinski definition) is 1. The molecule has 0 bridgehead atoms. The van der Waals surface area contributed by atoms with Gasteiger partial charge in [0, 0.05) is 35.5 Å². The molecule has 0 amide bonds. The minimum Gasteiger partial charge on any atom is -0.326 e. The van der Waals surface area contributed by atoms with Crippen LogP contribution in [0.1, 0.15) is 17.2 Å². The number of benzene rings is 2. The van der Waals surface area contributed by atoms with Gasteiger partial charge in [-0.2, -0.15) is 0 Å². The topological polar surface area (TPSA) is 22.8 Å². The van der Waals surface area contributed by atoms with E-state index >= 15 is 0 Å². The zero-order chi connectivity index (χ0) is 16.4. The van der Waals surface area contributed by atoms with Crippen molar-refractivity contribution in [2.24, 2.45) is 0 Å². The summed E-state index contributed by atoms with van der Waals surface area (Å²) in [6, 6.07) is 20.5. The van der Waals surface area contributed by atoms with Gasteiger partial charge in [-0.1, -0.05) is 41.9 Å². The van der Waals surface area contributed by atoms with Gasteiger partial charge in [-0.05, 0) is 41.5 Å². The Balaban J connectivity index is 1.76. The fourth-order valence-electron chi connectivity index (χ4n) is 2.94. The summed E-state index contributed by atoms with van der Waals surface area (Å²) in [4.78, 5) is 4.21. The van der Waals surface area contributed by atoms with Crippen LogP contribution in [0.3, 0.4) is 0 Å². The molecule has 0 saturated carbocycles. The highest BCUT2D eigenvalue weighted by Crippen LogP contribution is 2.27. The predicted molar refractivity (Wildman–Crippen MR) is 96.7 cm³/mol. The molecule has 0 aliphatic heterocycles. The van der Waals surface area contributed by atoms with Crippen molar-refractivity contribution in [2.45, 2.75) is 6.04 Å². The molecular formula is C20H16ClN3. The Hall–Kier alpha value is -2.78. The Morgan fingerprint density at radius 3 is 2.33 bits per heavy atom. The molecule has 0 aliphatic carbocycles. The fourth-order valence-corrected chi connectivity index (χ4v) is 3.07. The van der Waals surface area contributed by atoms with Crippen molar-refractivity contribution in [3.63, 3.8) is 0 Å². The van der Waals surface area contributed by atoms with Crippen LogP contribution in [-0.2, 0) is 0 Å². The van der Waals surface area contributed by atoms with Crippen LogP contribution in [0, 0.1) is 0 Å². The van der Waals surface area contributed by atoms with E-state index < -0.39 is 0 Å². The van der Waals surface area contributed by atoms with Gasteiger partial charge in [-0.3, -0.25) is 0 Å². The molecule has 2 heterocycles. The summed E-state index contributed by atoms with van der Waals surface area (Å²) in [6.07, 6.45) is 9.90. The van der Waals surface area contributed by atoms with Crippen LogP contribution in [0.4, 0.5) is 0 Å². The first-order valence-corrected chi connectivity index (χ1v) is 8.15. The minimum atomic E-state index is 0.0993. The van der Waals surface area contributed by atoms with Gasteiger partial charge in [0.1, 0.15) is 0 Å². The quantitative estimate of drug-likeness (QED) is 0.517. The third kappa shape index (κ3) is 2.86. The van der Waals surface area contributed by atoms with Crippen molar-refractivity contribution >= 4 is 11.6 Å². The molecule has 0 aliphatic rings. The third-order valence-corrected chi connectivity index (χ3v) is 4.35. The summed E-state index contributed by atoms with van der Waals surface area (Å²) in [5.41, 5.74) is 3.52. The third-order valence-electron chi connectivity index (χ3n) is 4.09. The van der Waals surface area contributed by atoms with E-state index in [-0.39, 0.29) is 6.04 Å². The van der Waals surface area contributed by atoms with Crippen LogP contribution < -0.4 is 0 Å². The van der Waals surface area contributed by atoms with Gasteiger partial charge < -0.3 is 9.13 Å². The van der Waals surface area contributed by atoms with E-state index in [1.165, 1.54) is 11.1 Å². The summed E-state index contributed by atoms with van der Waals surface area (Å²) < 4.78 is 4.23. The lowest BCUT2D eigenvalue weighted by Gasteiger charge is -2.18. The number of nitrogens with zero attached hydrogens (tertiary/aromatic N) is 3. The molecule has 0 saturated heterocycles. The van der Waals surface area contributed by atoms with Gasteiger partial charge in [0.2, 0.25) is 0 Å². The molecular weight excluding hydrogens is 318 g/mol. The van der Waals surface area contributed by atoms with E-state index in [9.17, 15) is 0 Å². The van der Waals surface area contributed by atoms with E-state index in [1.807, 2.05) is 49.1 Å². The molecule has 1 atom stereocenters. The largest absolute Gasteiger partial charge is 0.326 e. The van der Waals surface area contributed by atoms with Gasteiger partial charge in [-0.25, -0.2) is 4.98 Å². The van der Waals surface area contributed by atoms with Crippen LogP contribution >= 0.6 is 11.6 Å². The molecule has 2 aromatic carbocycles. The molecule has 0 fully saturated rings. The maximum atomic E-state index is 5.98. The Morgan fingerprint density at radius 2 is 1.62 bits per heavy atom. The van der Waals surface area contributed by atoms with Crippen LogP contribution in [0.25, 0.3) is 5.69 Å². The predicted octanol–water partition coefficient (Wildman–Crippen LogP) is 4.96. The summed E-state index contributed by atoms with van der Waals surface area (Å²) in [6.45, 7) is 0. The van der Waals surface area contributed by atoms with Crippen molar-refractivity contribution in [1.82, 2.24) is 14.1 Å². The lowest BCUT2D eigenvalue weighted by Crippen LogP contribution is -2.09. The van der Waals surface area contributed by atoms with Crippen molar-refractivity contribution in [2.75, 3.05) is 0 Å². The van der Waals surface area contributed by atoms with Crippen molar-refractivity contribution in [3.8, 4) is 5.69 Å². The van der Waals surface area contributed by atoms with E-state index in [2.05, 4.69) is 56.8 Å². The van der Waals surface area contributed by atoms with E-state index in [0.717, 1.165) is 10.7 Å². The minimum absolute atomic E-state index is 0.0993. The first-order chi connectivity index (χ1) is 11.8. The highest BCUT2D eigenvalue weighted by atomic mass is 35.5. The molecule has 2 aromatic heterocycles. The van der Waals surface area contributed by atoms with Crippen LogP contribution in [0.15, 0.2) is 91.8 Å². The molecule has 4 heteroatoms. The molecule has 0 N–H and O–H groups in total. The summed E-state index contributed by atoms with van der Waals surface area (Å²) >= 11 is 5.98. The van der Waals surface area contributed by atoms with Crippen molar-refractivity contribution < 1.29 is 0 Å². The fraction of sp³-hybridized carbons (Fsp3) is 0.0500. The zero-order valence-corrected chi connectivity index (χ0v) is 13.7. The Bertz CT molecular complexity index is 909. The molecule has 3 nitrogen and oxygen atoms in total. The van der Waals surface area contributed by atoms with Gasteiger partial charge in [0.15, 0.2) is 0 Å². The summed E-state index contributed by atoms with van der Waals surface area (Å²) in [5, 5.41) is 0.742. The second kappa shape index (κ2) is 6.38. The molecule has 118 valence electrons. The second-order valence-electron chi connectivity index (χ2n) is 5.65. The zero-order valence-electron chi connectivity index (χ0n) is 13.0. The maximum absolute atomic E-state index is 5.98. The number of halogens is 1. The maximum Gasteiger partial charge on any atom is 0.0954 e. The summed E-state index contributed by atoms with van der Waals surface area (Å²) in [7, 11) is 0. The average molecular weight is 334 g/mol. The first kappa shape index (κ1) is 14.8. The van der Waals surface area contributed by atoms with Crippen molar-refractivity contribution in [1.29, 1.82) is 0 Å². The Labute approximate surface area is 145 Å². The number of rotatable bonds is 4. The number of aromatic nitrogens is 3. The lowest BCUT2D eigenvalue weighted by molar-refractivity contribution is 0.676. The van der Waals surface area contributed by atoms with E-state index in [1.54, 1.807) is 0 Å². The van der Waals surface area contributed by atoms with Gasteiger partial charge >= 0.3 is 0 Å². The molecule has 0 radical (unpaired) electrons. The molecule has 4 rings (SSSR count). The summed E-state index contributed by atoms with van der Waals surface area (Å²) in [5.74, 6) is 0. The standard InChI is InChI=1S/C20H16ClN3/c21-18-6-8-19(9-7-18)23-12-10-17(14-23)20(24-13-11-22-15-24)16-4-2-1-3-5-16/h1-15,20H. The molecule has 4 aromatic rings.